The topological polar surface area (TPSA) is 113 Å². The Morgan fingerprint density at radius 1 is 0.571 bits per heavy atom. The van der Waals surface area contributed by atoms with Gasteiger partial charge in [0.25, 0.3) is 0 Å². The number of allylic oxidation sites excluding steroid dienone is 2. The zero-order chi connectivity index (χ0) is 32.9. The first-order valence-corrected chi connectivity index (χ1v) is 15.8. The van der Waals surface area contributed by atoms with Crippen LogP contribution in [0.25, 0.3) is 82.6 Å². The fourth-order valence-corrected chi connectivity index (χ4v) is 6.81. The molecule has 0 saturated carbocycles. The van der Waals surface area contributed by atoms with Crippen molar-refractivity contribution in [1.82, 2.24) is 15.0 Å². The molecule has 4 aromatic carbocycles. The maximum absolute atomic E-state index is 9.40. The van der Waals surface area contributed by atoms with Gasteiger partial charge in [0.15, 0.2) is 0 Å². The normalized spacial score (nSPS) is 12.8. The molecule has 1 aliphatic heterocycles. The Morgan fingerprint density at radius 2 is 1.27 bits per heavy atom. The van der Waals surface area contributed by atoms with Gasteiger partial charge in [-0.1, -0.05) is 66.3 Å². The molecule has 0 amide bonds. The summed E-state index contributed by atoms with van der Waals surface area (Å²) in [4.78, 5) is 13.7. The van der Waals surface area contributed by atoms with Gasteiger partial charge < -0.3 is 9.73 Å². The van der Waals surface area contributed by atoms with Gasteiger partial charge >= 0.3 is 0 Å². The number of aromatic nitrogens is 3. The summed E-state index contributed by atoms with van der Waals surface area (Å²) in [5, 5.41) is 30.2. The molecule has 0 aliphatic carbocycles. The summed E-state index contributed by atoms with van der Waals surface area (Å²) < 4.78 is 6.41. The monoisotopic (exact) mass is 627 g/mol. The van der Waals surface area contributed by atoms with Crippen molar-refractivity contribution in [2.45, 2.75) is 0 Å². The van der Waals surface area contributed by atoms with Gasteiger partial charge in [-0.3, -0.25) is 15.0 Å². The highest BCUT2D eigenvalue weighted by Gasteiger charge is 2.20. The number of hydrogen-bond donors (Lipinski definition) is 0. The second kappa shape index (κ2) is 11.3. The summed E-state index contributed by atoms with van der Waals surface area (Å²) in [7, 11) is 0. The third kappa shape index (κ3) is 4.69. The number of fused-ring (bicyclic) bond motifs is 5. The number of nitriles is 2. The molecule has 0 saturated heterocycles. The van der Waals surface area contributed by atoms with Gasteiger partial charge in [-0.2, -0.15) is 10.5 Å². The van der Waals surface area contributed by atoms with Crippen LogP contribution in [0.2, 0.25) is 0 Å². The average molecular weight is 628 g/mol. The molecule has 4 aromatic heterocycles. The van der Waals surface area contributed by atoms with Crippen LogP contribution in [-0.2, 0) is 0 Å². The lowest BCUT2D eigenvalue weighted by molar-refractivity contribution is 0.669. The molecular formula is C42H23N6O-. The van der Waals surface area contributed by atoms with Crippen molar-refractivity contribution in [1.29, 1.82) is 10.5 Å². The van der Waals surface area contributed by atoms with E-state index in [1.54, 1.807) is 36.7 Å². The molecule has 0 unspecified atom stereocenters. The van der Waals surface area contributed by atoms with Gasteiger partial charge in [0.05, 0.1) is 34.7 Å². The Labute approximate surface area is 280 Å². The molecular weight excluding hydrogens is 605 g/mol. The Morgan fingerprint density at radius 3 is 1.98 bits per heavy atom. The van der Waals surface area contributed by atoms with Crippen LogP contribution in [0, 0.1) is 22.7 Å². The van der Waals surface area contributed by atoms with Crippen molar-refractivity contribution in [2.24, 2.45) is 0 Å². The molecule has 7 nitrogen and oxygen atoms in total. The van der Waals surface area contributed by atoms with Crippen LogP contribution in [0.5, 0.6) is 0 Å². The van der Waals surface area contributed by atoms with Crippen LogP contribution >= 0.6 is 0 Å². The Kier molecular flexibility index (Phi) is 6.50. The number of para-hydroxylation sites is 1. The molecule has 0 atom stereocenters. The zero-order valence-corrected chi connectivity index (χ0v) is 25.9. The van der Waals surface area contributed by atoms with E-state index in [1.165, 1.54) is 0 Å². The molecule has 0 N–H and O–H groups in total. The fourth-order valence-electron chi connectivity index (χ4n) is 6.81. The number of hydrogen-bond acceptors (Lipinski definition) is 6. The minimum absolute atomic E-state index is 0.456. The van der Waals surface area contributed by atoms with Crippen LogP contribution in [-0.4, -0.2) is 21.5 Å². The molecule has 49 heavy (non-hydrogen) atoms. The third-order valence-corrected chi connectivity index (χ3v) is 9.06. The third-order valence-electron chi connectivity index (χ3n) is 9.06. The molecule has 1 aliphatic rings. The van der Waals surface area contributed by atoms with E-state index in [2.05, 4.69) is 76.7 Å². The predicted octanol–water partition coefficient (Wildman–Crippen LogP) is 9.97. The van der Waals surface area contributed by atoms with Gasteiger partial charge in [0, 0.05) is 40.6 Å². The summed E-state index contributed by atoms with van der Waals surface area (Å²) in [6.45, 7) is 0.456. The van der Waals surface area contributed by atoms with E-state index in [4.69, 9.17) is 14.7 Å². The lowest BCUT2D eigenvalue weighted by Gasteiger charge is -2.31. The van der Waals surface area contributed by atoms with Crippen molar-refractivity contribution >= 4 is 54.8 Å². The maximum Gasteiger partial charge on any atom is 0.136 e. The maximum atomic E-state index is 9.40. The van der Waals surface area contributed by atoms with Gasteiger partial charge in [-0.25, -0.2) is 0 Å². The summed E-state index contributed by atoms with van der Waals surface area (Å²) in [5.41, 5.74) is 9.70. The van der Waals surface area contributed by atoms with E-state index in [-0.39, 0.29) is 0 Å². The molecule has 0 fully saturated rings. The van der Waals surface area contributed by atoms with Crippen molar-refractivity contribution in [3.8, 4) is 34.7 Å². The Bertz CT molecular complexity index is 2800. The molecule has 8 aromatic rings. The van der Waals surface area contributed by atoms with Crippen molar-refractivity contribution in [3.63, 3.8) is 0 Å². The quantitative estimate of drug-likeness (QED) is 0.179. The van der Waals surface area contributed by atoms with Crippen LogP contribution in [0.3, 0.4) is 0 Å². The number of rotatable bonds is 4. The smallest absolute Gasteiger partial charge is 0.136 e. The van der Waals surface area contributed by atoms with Crippen molar-refractivity contribution < 1.29 is 4.42 Å². The number of nitrogens with zero attached hydrogens (tertiary/aromatic N) is 6. The lowest BCUT2D eigenvalue weighted by atomic mass is 9.85. The van der Waals surface area contributed by atoms with Crippen LogP contribution in [0.15, 0.2) is 132 Å². The van der Waals surface area contributed by atoms with E-state index >= 15 is 0 Å². The molecule has 0 bridgehead atoms. The van der Waals surface area contributed by atoms with Gasteiger partial charge in [0.2, 0.25) is 0 Å². The van der Waals surface area contributed by atoms with E-state index in [0.29, 0.717) is 34.8 Å². The molecule has 9 rings (SSSR count). The Balaban J connectivity index is 1.30. The van der Waals surface area contributed by atoms with Crippen LogP contribution < -0.4 is 0 Å². The first-order chi connectivity index (χ1) is 24.2. The molecule has 7 heteroatoms. The molecule has 0 radical (unpaired) electrons. The van der Waals surface area contributed by atoms with E-state index in [9.17, 15) is 10.5 Å². The minimum Gasteiger partial charge on any atom is -0.679 e. The highest BCUT2D eigenvalue weighted by molar-refractivity contribution is 6.23. The first kappa shape index (κ1) is 28.2. The Hall–Kier alpha value is -7.09. The average Bonchev–Trinajstić information content (AvgIpc) is 3.54. The van der Waals surface area contributed by atoms with E-state index in [1.807, 2.05) is 36.5 Å². The summed E-state index contributed by atoms with van der Waals surface area (Å²) in [6.07, 6.45) is 9.27. The summed E-state index contributed by atoms with van der Waals surface area (Å²) in [5.74, 6) is 0. The first-order valence-electron chi connectivity index (χ1n) is 15.8. The lowest BCUT2D eigenvalue weighted by Crippen LogP contribution is -2.01. The van der Waals surface area contributed by atoms with E-state index in [0.717, 1.165) is 71.4 Å². The molecule has 228 valence electrons. The predicted molar refractivity (Wildman–Crippen MR) is 193 cm³/mol. The molecule has 0 spiro atoms. The highest BCUT2D eigenvalue weighted by Crippen LogP contribution is 2.46. The standard InChI is InChI=1S/C42H23N6O/c43-21-25-13-15-45-37(17-25)35-11-9-27(23-47-35)41-30-6-1-2-7-31(30)42(28-10-12-36(48-24-28)38-18-26(22-44)14-16-46-38)34-20-40-32(19-33(34)41)29-5-3-4-8-39(29)49-40/h1-20,24H,23H2/q-1. The largest absolute Gasteiger partial charge is 0.679 e. The van der Waals surface area contributed by atoms with Crippen molar-refractivity contribution in [2.75, 3.05) is 6.54 Å². The molecule has 5 heterocycles. The minimum atomic E-state index is 0.456. The van der Waals surface area contributed by atoms with Crippen LogP contribution in [0.4, 0.5) is 0 Å². The second-order valence-corrected chi connectivity index (χ2v) is 11.9. The summed E-state index contributed by atoms with van der Waals surface area (Å²) in [6, 6.07) is 36.3. The number of benzene rings is 4. The second-order valence-electron chi connectivity index (χ2n) is 11.9. The highest BCUT2D eigenvalue weighted by atomic mass is 16.3. The number of furan rings is 1. The summed E-state index contributed by atoms with van der Waals surface area (Å²) >= 11 is 0. The van der Waals surface area contributed by atoms with E-state index < -0.39 is 0 Å². The van der Waals surface area contributed by atoms with Crippen molar-refractivity contribution in [3.05, 3.63) is 156 Å². The fraction of sp³-hybridized carbons (Fsp3) is 0.0238. The zero-order valence-electron chi connectivity index (χ0n) is 25.9. The SMILES string of the molecule is N#Cc1ccnc(C2=CC=C(c3c4ccccc4c(-c4ccc(-c5cc(C#N)ccn5)nc4)c4cc5oc6ccccc6c5cc34)C[N-]2)c1. The van der Waals surface area contributed by atoms with Gasteiger partial charge in [-0.05, 0) is 81.2 Å². The van der Waals surface area contributed by atoms with Gasteiger partial charge in [-0.15, -0.1) is 12.2 Å². The van der Waals surface area contributed by atoms with Crippen LogP contribution in [0.1, 0.15) is 22.4 Å². The number of pyridine rings is 3. The van der Waals surface area contributed by atoms with Gasteiger partial charge in [0.1, 0.15) is 11.2 Å².